The molecular formula is C13H17BrO3. The number of hydrogen-bond donors (Lipinski definition) is 0. The Kier molecular flexibility index (Phi) is 6.22. The predicted octanol–water partition coefficient (Wildman–Crippen LogP) is 3.46. The van der Waals surface area contributed by atoms with Crippen LogP contribution in [-0.2, 0) is 4.74 Å². The van der Waals surface area contributed by atoms with E-state index in [2.05, 4.69) is 15.9 Å². The van der Waals surface area contributed by atoms with Gasteiger partial charge in [-0.3, -0.25) is 4.79 Å². The van der Waals surface area contributed by atoms with E-state index in [1.807, 2.05) is 13.0 Å². The number of Topliss-reactive ketones (excluding diaryl/α,β-unsaturated/α-hetero) is 1. The first-order chi connectivity index (χ1) is 8.19. The summed E-state index contributed by atoms with van der Waals surface area (Å²) in [7, 11) is 1.63. The van der Waals surface area contributed by atoms with E-state index in [1.165, 1.54) is 0 Å². The summed E-state index contributed by atoms with van der Waals surface area (Å²) in [6.07, 6.45) is 1.44. The van der Waals surface area contributed by atoms with Crippen molar-refractivity contribution in [3.63, 3.8) is 0 Å². The molecular weight excluding hydrogens is 284 g/mol. The first-order valence-electron chi connectivity index (χ1n) is 5.63. The summed E-state index contributed by atoms with van der Waals surface area (Å²) in [6, 6.07) is 5.41. The summed E-state index contributed by atoms with van der Waals surface area (Å²) in [4.78, 5) is 11.7. The SMILES string of the molecule is CCCC(=O)c1ccc(OCCOC)c(Br)c1. The van der Waals surface area contributed by atoms with Crippen LogP contribution < -0.4 is 4.74 Å². The number of methoxy groups -OCH3 is 1. The molecule has 0 N–H and O–H groups in total. The van der Waals surface area contributed by atoms with Crippen LogP contribution in [0.15, 0.2) is 22.7 Å². The Morgan fingerprint density at radius 2 is 2.12 bits per heavy atom. The zero-order valence-corrected chi connectivity index (χ0v) is 11.7. The van der Waals surface area contributed by atoms with E-state index < -0.39 is 0 Å². The van der Waals surface area contributed by atoms with Gasteiger partial charge in [0.05, 0.1) is 11.1 Å². The van der Waals surface area contributed by atoms with E-state index >= 15 is 0 Å². The van der Waals surface area contributed by atoms with Gasteiger partial charge in [0.2, 0.25) is 0 Å². The van der Waals surface area contributed by atoms with Gasteiger partial charge in [0.1, 0.15) is 12.4 Å². The molecule has 0 heterocycles. The first-order valence-corrected chi connectivity index (χ1v) is 6.42. The fourth-order valence-corrected chi connectivity index (χ4v) is 1.89. The lowest BCUT2D eigenvalue weighted by atomic mass is 10.1. The molecule has 0 saturated heterocycles. The van der Waals surface area contributed by atoms with Gasteiger partial charge in [0, 0.05) is 19.1 Å². The number of carbonyl (C=O) groups is 1. The molecule has 1 rings (SSSR count). The van der Waals surface area contributed by atoms with Crippen LogP contribution in [0.1, 0.15) is 30.1 Å². The van der Waals surface area contributed by atoms with Gasteiger partial charge in [-0.1, -0.05) is 6.92 Å². The van der Waals surface area contributed by atoms with Crippen molar-refractivity contribution >= 4 is 21.7 Å². The predicted molar refractivity (Wildman–Crippen MR) is 70.8 cm³/mol. The van der Waals surface area contributed by atoms with Crippen molar-refractivity contribution in [3.8, 4) is 5.75 Å². The monoisotopic (exact) mass is 300 g/mol. The maximum Gasteiger partial charge on any atom is 0.162 e. The summed E-state index contributed by atoms with van der Waals surface area (Å²) in [6.45, 7) is 3.04. The summed E-state index contributed by atoms with van der Waals surface area (Å²) in [5, 5.41) is 0. The molecule has 0 aliphatic carbocycles. The third-order valence-corrected chi connectivity index (χ3v) is 2.90. The van der Waals surface area contributed by atoms with Crippen molar-refractivity contribution in [2.45, 2.75) is 19.8 Å². The highest BCUT2D eigenvalue weighted by Crippen LogP contribution is 2.26. The first kappa shape index (κ1) is 14.2. The molecule has 3 nitrogen and oxygen atoms in total. The average Bonchev–Trinajstić information content (AvgIpc) is 2.31. The lowest BCUT2D eigenvalue weighted by Crippen LogP contribution is -2.05. The van der Waals surface area contributed by atoms with Crippen molar-refractivity contribution in [1.82, 2.24) is 0 Å². The number of carbonyl (C=O) groups excluding carboxylic acids is 1. The normalized spacial score (nSPS) is 10.3. The van der Waals surface area contributed by atoms with E-state index in [0.29, 0.717) is 19.6 Å². The van der Waals surface area contributed by atoms with Crippen LogP contribution in [0.2, 0.25) is 0 Å². The van der Waals surface area contributed by atoms with E-state index in [1.54, 1.807) is 19.2 Å². The third kappa shape index (κ3) is 4.48. The van der Waals surface area contributed by atoms with Crippen molar-refractivity contribution in [3.05, 3.63) is 28.2 Å². The number of ketones is 1. The Balaban J connectivity index is 2.68. The summed E-state index contributed by atoms with van der Waals surface area (Å²) in [5.41, 5.74) is 0.720. The highest BCUT2D eigenvalue weighted by molar-refractivity contribution is 9.10. The largest absolute Gasteiger partial charge is 0.490 e. The van der Waals surface area contributed by atoms with Crippen LogP contribution in [0, 0.1) is 0 Å². The van der Waals surface area contributed by atoms with Crippen LogP contribution >= 0.6 is 15.9 Å². The van der Waals surface area contributed by atoms with Crippen molar-refractivity contribution in [2.24, 2.45) is 0 Å². The van der Waals surface area contributed by atoms with Crippen molar-refractivity contribution in [2.75, 3.05) is 20.3 Å². The quantitative estimate of drug-likeness (QED) is 0.571. The summed E-state index contributed by atoms with van der Waals surface area (Å²) >= 11 is 3.40. The fourth-order valence-electron chi connectivity index (χ4n) is 1.40. The number of halogens is 1. The van der Waals surface area contributed by atoms with E-state index in [-0.39, 0.29) is 5.78 Å². The van der Waals surface area contributed by atoms with Gasteiger partial charge >= 0.3 is 0 Å². The molecule has 0 aliphatic rings. The molecule has 4 heteroatoms. The van der Waals surface area contributed by atoms with E-state index in [9.17, 15) is 4.79 Å². The van der Waals surface area contributed by atoms with Gasteiger partial charge in [0.25, 0.3) is 0 Å². The highest BCUT2D eigenvalue weighted by Gasteiger charge is 2.08. The van der Waals surface area contributed by atoms with Gasteiger partial charge in [0.15, 0.2) is 5.78 Å². The topological polar surface area (TPSA) is 35.5 Å². The highest BCUT2D eigenvalue weighted by atomic mass is 79.9. The van der Waals surface area contributed by atoms with Crippen molar-refractivity contribution < 1.29 is 14.3 Å². The number of rotatable bonds is 7. The molecule has 0 atom stereocenters. The van der Waals surface area contributed by atoms with Crippen LogP contribution in [0.5, 0.6) is 5.75 Å². The Bertz CT molecular complexity index is 377. The summed E-state index contributed by atoms with van der Waals surface area (Å²) in [5.74, 6) is 0.895. The molecule has 0 amide bonds. The smallest absolute Gasteiger partial charge is 0.162 e. The Morgan fingerprint density at radius 1 is 1.35 bits per heavy atom. The van der Waals surface area contributed by atoms with Gasteiger partial charge < -0.3 is 9.47 Å². The Hall–Kier alpha value is -0.870. The molecule has 0 fully saturated rings. The third-order valence-electron chi connectivity index (χ3n) is 2.28. The maximum absolute atomic E-state index is 11.7. The van der Waals surface area contributed by atoms with Crippen molar-refractivity contribution in [1.29, 1.82) is 0 Å². The molecule has 94 valence electrons. The van der Waals surface area contributed by atoms with Gasteiger partial charge in [-0.2, -0.15) is 0 Å². The molecule has 17 heavy (non-hydrogen) atoms. The molecule has 0 unspecified atom stereocenters. The van der Waals surface area contributed by atoms with Gasteiger partial charge in [-0.25, -0.2) is 0 Å². The zero-order valence-electron chi connectivity index (χ0n) is 10.2. The average molecular weight is 301 g/mol. The van der Waals surface area contributed by atoms with Crippen LogP contribution in [-0.4, -0.2) is 26.1 Å². The van der Waals surface area contributed by atoms with Crippen LogP contribution in [0.25, 0.3) is 0 Å². The van der Waals surface area contributed by atoms with Crippen LogP contribution in [0.3, 0.4) is 0 Å². The molecule has 1 aromatic rings. The fraction of sp³-hybridized carbons (Fsp3) is 0.462. The maximum atomic E-state index is 11.7. The molecule has 0 saturated carbocycles. The molecule has 0 radical (unpaired) electrons. The lowest BCUT2D eigenvalue weighted by molar-refractivity contribution is 0.0981. The van der Waals surface area contributed by atoms with Gasteiger partial charge in [-0.05, 0) is 40.5 Å². The Labute approximate surface area is 110 Å². The minimum atomic E-state index is 0.164. The minimum Gasteiger partial charge on any atom is -0.490 e. The van der Waals surface area contributed by atoms with E-state index in [0.717, 1.165) is 22.2 Å². The van der Waals surface area contributed by atoms with E-state index in [4.69, 9.17) is 9.47 Å². The molecule has 0 spiro atoms. The van der Waals surface area contributed by atoms with Gasteiger partial charge in [-0.15, -0.1) is 0 Å². The standard InChI is InChI=1S/C13H17BrO3/c1-3-4-12(15)10-5-6-13(11(14)9-10)17-8-7-16-2/h5-6,9H,3-4,7-8H2,1-2H3. The second-order valence-corrected chi connectivity index (χ2v) is 4.51. The number of ether oxygens (including phenoxy) is 2. The lowest BCUT2D eigenvalue weighted by Gasteiger charge is -2.08. The molecule has 0 aliphatic heterocycles. The second-order valence-electron chi connectivity index (χ2n) is 3.66. The Morgan fingerprint density at radius 3 is 2.71 bits per heavy atom. The number of hydrogen-bond acceptors (Lipinski definition) is 3. The minimum absolute atomic E-state index is 0.164. The molecule has 0 aromatic heterocycles. The summed E-state index contributed by atoms with van der Waals surface area (Å²) < 4.78 is 11.2. The van der Waals surface area contributed by atoms with Crippen LogP contribution in [0.4, 0.5) is 0 Å². The molecule has 0 bridgehead atoms. The molecule has 1 aromatic carbocycles. The zero-order chi connectivity index (χ0) is 12.7. The second kappa shape index (κ2) is 7.45. The number of benzene rings is 1.